The first-order valence-corrected chi connectivity index (χ1v) is 9.46. The number of piperazine rings is 1. The molecular formula is C19H23ClN4O2. The van der Waals surface area contributed by atoms with Crippen molar-refractivity contribution in [3.05, 3.63) is 35.5 Å². The predicted octanol–water partition coefficient (Wildman–Crippen LogP) is 1.87. The van der Waals surface area contributed by atoms with Gasteiger partial charge in [-0.1, -0.05) is 35.9 Å². The number of morpholine rings is 1. The molecule has 0 saturated carbocycles. The number of amides is 1. The number of benzene rings is 1. The normalized spacial score (nSPS) is 19.1. The third-order valence-corrected chi connectivity index (χ3v) is 5.39. The van der Waals surface area contributed by atoms with Crippen LogP contribution in [0.15, 0.2) is 30.3 Å². The van der Waals surface area contributed by atoms with Gasteiger partial charge in [0.2, 0.25) is 5.91 Å². The number of rotatable bonds is 3. The summed E-state index contributed by atoms with van der Waals surface area (Å²) in [5, 5.41) is 2.63. The second-order valence-electron chi connectivity index (χ2n) is 6.75. The Morgan fingerprint density at radius 1 is 1.08 bits per heavy atom. The van der Waals surface area contributed by atoms with Crippen LogP contribution in [0.25, 0.3) is 10.8 Å². The smallest absolute Gasteiger partial charge is 0.236 e. The van der Waals surface area contributed by atoms with Crippen LogP contribution in [-0.2, 0) is 9.53 Å². The van der Waals surface area contributed by atoms with Gasteiger partial charge in [0.25, 0.3) is 0 Å². The number of aromatic nitrogens is 1. The topological polar surface area (TPSA) is 48.9 Å². The van der Waals surface area contributed by atoms with Crippen molar-refractivity contribution in [2.24, 2.45) is 0 Å². The maximum atomic E-state index is 12.4. The highest BCUT2D eigenvalue weighted by atomic mass is 35.5. The van der Waals surface area contributed by atoms with Crippen LogP contribution in [0.3, 0.4) is 0 Å². The molecule has 26 heavy (non-hydrogen) atoms. The van der Waals surface area contributed by atoms with Crippen LogP contribution in [0, 0.1) is 0 Å². The number of carbonyl (C=O) groups excluding carboxylic acids is 1. The Morgan fingerprint density at radius 2 is 1.81 bits per heavy atom. The summed E-state index contributed by atoms with van der Waals surface area (Å²) in [7, 11) is 0. The van der Waals surface area contributed by atoms with Gasteiger partial charge in [-0.2, -0.15) is 0 Å². The van der Waals surface area contributed by atoms with Crippen molar-refractivity contribution in [3.63, 3.8) is 0 Å². The van der Waals surface area contributed by atoms with E-state index in [1.54, 1.807) is 0 Å². The standard InChI is InChI=1S/C19H23ClN4O2/c20-19-16-4-2-1-3-15(16)13-17(21-19)23-7-5-22(6-8-23)14-18(25)24-9-11-26-12-10-24/h1-4,13H,5-12,14H2. The van der Waals surface area contributed by atoms with E-state index in [-0.39, 0.29) is 5.91 Å². The third kappa shape index (κ3) is 3.77. The van der Waals surface area contributed by atoms with E-state index in [2.05, 4.69) is 26.9 Å². The molecule has 2 aliphatic heterocycles. The number of carbonyl (C=O) groups is 1. The quantitative estimate of drug-likeness (QED) is 0.768. The molecule has 1 amide bonds. The largest absolute Gasteiger partial charge is 0.378 e. The lowest BCUT2D eigenvalue weighted by Crippen LogP contribution is -2.51. The van der Waals surface area contributed by atoms with Crippen LogP contribution in [0.2, 0.25) is 5.15 Å². The Kier molecular flexibility index (Phi) is 5.24. The first-order chi connectivity index (χ1) is 12.7. The molecule has 0 aliphatic carbocycles. The highest BCUT2D eigenvalue weighted by Crippen LogP contribution is 2.26. The number of pyridine rings is 1. The molecule has 0 bridgehead atoms. The highest BCUT2D eigenvalue weighted by Gasteiger charge is 2.23. The van der Waals surface area contributed by atoms with Crippen LogP contribution in [0.5, 0.6) is 0 Å². The number of anilines is 1. The van der Waals surface area contributed by atoms with Crippen molar-refractivity contribution in [2.75, 3.05) is 63.9 Å². The lowest BCUT2D eigenvalue weighted by molar-refractivity contribution is -0.136. The molecule has 4 rings (SSSR count). The first-order valence-electron chi connectivity index (χ1n) is 9.09. The zero-order chi connectivity index (χ0) is 17.9. The Bertz CT molecular complexity index is 786. The molecule has 7 heteroatoms. The summed E-state index contributed by atoms with van der Waals surface area (Å²) in [5.41, 5.74) is 0. The summed E-state index contributed by atoms with van der Waals surface area (Å²) in [5.74, 6) is 1.11. The molecule has 0 radical (unpaired) electrons. The first kappa shape index (κ1) is 17.5. The van der Waals surface area contributed by atoms with Gasteiger partial charge in [-0.15, -0.1) is 0 Å². The molecule has 2 aromatic rings. The molecule has 1 aromatic carbocycles. The Balaban J connectivity index is 1.37. The van der Waals surface area contributed by atoms with Crippen LogP contribution < -0.4 is 4.90 Å². The number of hydrogen-bond donors (Lipinski definition) is 0. The monoisotopic (exact) mass is 374 g/mol. The summed E-state index contributed by atoms with van der Waals surface area (Å²) in [6, 6.07) is 10.1. The molecule has 0 atom stereocenters. The van der Waals surface area contributed by atoms with Gasteiger partial charge in [0.1, 0.15) is 11.0 Å². The zero-order valence-electron chi connectivity index (χ0n) is 14.7. The molecule has 0 spiro atoms. The minimum absolute atomic E-state index is 0.202. The minimum atomic E-state index is 0.202. The van der Waals surface area contributed by atoms with Gasteiger partial charge in [0.05, 0.1) is 19.8 Å². The molecule has 2 saturated heterocycles. The summed E-state index contributed by atoms with van der Waals surface area (Å²) >= 11 is 6.36. The molecular weight excluding hydrogens is 352 g/mol. The summed E-state index contributed by atoms with van der Waals surface area (Å²) in [4.78, 5) is 23.3. The second-order valence-corrected chi connectivity index (χ2v) is 7.11. The number of hydrogen-bond acceptors (Lipinski definition) is 5. The molecule has 3 heterocycles. The Labute approximate surface area is 158 Å². The minimum Gasteiger partial charge on any atom is -0.378 e. The average Bonchev–Trinajstić information content (AvgIpc) is 2.69. The van der Waals surface area contributed by atoms with E-state index in [1.807, 2.05) is 23.1 Å². The van der Waals surface area contributed by atoms with Crippen molar-refractivity contribution < 1.29 is 9.53 Å². The van der Waals surface area contributed by atoms with Crippen LogP contribution in [0.4, 0.5) is 5.82 Å². The maximum absolute atomic E-state index is 12.4. The fourth-order valence-electron chi connectivity index (χ4n) is 3.54. The van der Waals surface area contributed by atoms with E-state index < -0.39 is 0 Å². The number of fused-ring (bicyclic) bond motifs is 1. The summed E-state index contributed by atoms with van der Waals surface area (Å²) in [6.45, 7) is 6.58. The maximum Gasteiger partial charge on any atom is 0.236 e. The lowest BCUT2D eigenvalue weighted by Gasteiger charge is -2.36. The Hall–Kier alpha value is -1.89. The predicted molar refractivity (Wildman–Crippen MR) is 103 cm³/mol. The van der Waals surface area contributed by atoms with Crippen LogP contribution >= 0.6 is 11.6 Å². The van der Waals surface area contributed by atoms with Crippen LogP contribution in [-0.4, -0.2) is 79.7 Å². The van der Waals surface area contributed by atoms with Crippen molar-refractivity contribution in [1.29, 1.82) is 0 Å². The molecule has 2 fully saturated rings. The zero-order valence-corrected chi connectivity index (χ0v) is 15.5. The second kappa shape index (κ2) is 7.78. The lowest BCUT2D eigenvalue weighted by atomic mass is 10.1. The van der Waals surface area contributed by atoms with E-state index in [0.29, 0.717) is 38.0 Å². The van der Waals surface area contributed by atoms with Crippen molar-refractivity contribution in [1.82, 2.24) is 14.8 Å². The van der Waals surface area contributed by atoms with Gasteiger partial charge < -0.3 is 14.5 Å². The van der Waals surface area contributed by atoms with Gasteiger partial charge in [0, 0.05) is 44.7 Å². The fraction of sp³-hybridized carbons (Fsp3) is 0.474. The Morgan fingerprint density at radius 3 is 2.58 bits per heavy atom. The van der Waals surface area contributed by atoms with Crippen molar-refractivity contribution in [2.45, 2.75) is 0 Å². The highest BCUT2D eigenvalue weighted by molar-refractivity contribution is 6.34. The molecule has 2 aliphatic rings. The van der Waals surface area contributed by atoms with E-state index in [1.165, 1.54) is 0 Å². The van der Waals surface area contributed by atoms with Crippen molar-refractivity contribution in [3.8, 4) is 0 Å². The van der Waals surface area contributed by atoms with E-state index in [4.69, 9.17) is 16.3 Å². The molecule has 0 unspecified atom stereocenters. The number of ether oxygens (including phenoxy) is 1. The molecule has 6 nitrogen and oxygen atoms in total. The van der Waals surface area contributed by atoms with Gasteiger partial charge in [0.15, 0.2) is 0 Å². The van der Waals surface area contributed by atoms with Gasteiger partial charge in [-0.25, -0.2) is 4.98 Å². The fourth-order valence-corrected chi connectivity index (χ4v) is 3.80. The average molecular weight is 375 g/mol. The van der Waals surface area contributed by atoms with Gasteiger partial charge in [-0.3, -0.25) is 9.69 Å². The molecule has 0 N–H and O–H groups in total. The van der Waals surface area contributed by atoms with Crippen molar-refractivity contribution >= 4 is 34.1 Å². The van der Waals surface area contributed by atoms with E-state index >= 15 is 0 Å². The SMILES string of the molecule is O=C(CN1CCN(c2cc3ccccc3c(Cl)n2)CC1)N1CCOCC1. The number of nitrogens with zero attached hydrogens (tertiary/aromatic N) is 4. The van der Waals surface area contributed by atoms with Gasteiger partial charge >= 0.3 is 0 Å². The molecule has 138 valence electrons. The van der Waals surface area contributed by atoms with Gasteiger partial charge in [-0.05, 0) is 11.5 Å². The van der Waals surface area contributed by atoms with Crippen LogP contribution in [0.1, 0.15) is 0 Å². The summed E-state index contributed by atoms with van der Waals surface area (Å²) in [6.07, 6.45) is 0. The third-order valence-electron chi connectivity index (χ3n) is 5.10. The number of halogens is 1. The van der Waals surface area contributed by atoms with E-state index in [0.717, 1.165) is 42.8 Å². The molecule has 1 aromatic heterocycles. The van der Waals surface area contributed by atoms with E-state index in [9.17, 15) is 4.79 Å². The summed E-state index contributed by atoms with van der Waals surface area (Å²) < 4.78 is 5.31.